The van der Waals surface area contributed by atoms with Gasteiger partial charge in [0.15, 0.2) is 0 Å². The van der Waals surface area contributed by atoms with E-state index in [9.17, 15) is 14.4 Å². The van der Waals surface area contributed by atoms with Gasteiger partial charge in [0.2, 0.25) is 17.5 Å². The molecule has 5 heterocycles. The zero-order valence-electron chi connectivity index (χ0n) is 31.7. The van der Waals surface area contributed by atoms with E-state index in [1.54, 1.807) is 0 Å². The number of carbonyl (C=O) groups excluding carboxylic acids is 3. The maximum absolute atomic E-state index is 13.6. The molecule has 284 valence electrons. The van der Waals surface area contributed by atoms with Crippen molar-refractivity contribution in [2.24, 2.45) is 17.6 Å². The van der Waals surface area contributed by atoms with E-state index in [1.807, 2.05) is 61.8 Å². The van der Waals surface area contributed by atoms with E-state index >= 15 is 0 Å². The number of amides is 3. The average molecular weight is 758 g/mol. The van der Waals surface area contributed by atoms with Crippen molar-refractivity contribution in [2.75, 3.05) is 13.1 Å². The third-order valence-corrected chi connectivity index (χ3v) is 11.4. The average Bonchev–Trinajstić information content (AvgIpc) is 4.00. The highest BCUT2D eigenvalue weighted by molar-refractivity contribution is 7.39. The molecule has 1 unspecified atom stereocenters. The highest BCUT2D eigenvalue weighted by Gasteiger charge is 2.38. The number of likely N-dealkylation sites (tertiary alicyclic amines) is 2. The van der Waals surface area contributed by atoms with Crippen LogP contribution in [0.5, 0.6) is 0 Å². The van der Waals surface area contributed by atoms with Crippen molar-refractivity contribution in [3.8, 4) is 22.4 Å². The second-order valence-electron chi connectivity index (χ2n) is 15.7. The number of H-pyrrole nitrogens is 2. The summed E-state index contributed by atoms with van der Waals surface area (Å²) < 4.78 is 0. The maximum atomic E-state index is 13.6. The number of pyridine rings is 1. The normalized spacial score (nSPS) is 18.6. The van der Waals surface area contributed by atoms with Gasteiger partial charge in [-0.1, -0.05) is 52.0 Å². The number of hydrogen-bond donors (Lipinski definition) is 4. The van der Waals surface area contributed by atoms with E-state index in [-0.39, 0.29) is 41.4 Å². The first-order valence-electron chi connectivity index (χ1n) is 19.3. The zero-order chi connectivity index (χ0) is 38.5. The molecule has 3 amide bonds. The van der Waals surface area contributed by atoms with Gasteiger partial charge in [0.1, 0.15) is 17.7 Å². The monoisotopic (exact) mass is 757 g/mol. The molecule has 13 heteroatoms. The number of fused-ring (bicyclic) bond motifs is 3. The summed E-state index contributed by atoms with van der Waals surface area (Å²) in [6.45, 7) is 9.16. The third kappa shape index (κ3) is 7.09. The smallest absolute Gasteiger partial charge is 0.246 e. The number of aromatic nitrogens is 5. The predicted molar refractivity (Wildman–Crippen MR) is 219 cm³/mol. The molecule has 12 nitrogen and oxygen atoms in total. The molecule has 2 aliphatic heterocycles. The molecule has 2 aliphatic rings. The van der Waals surface area contributed by atoms with Crippen molar-refractivity contribution in [1.82, 2.24) is 40.0 Å². The molecule has 3 aromatic carbocycles. The number of carbonyl (C=O) groups is 3. The van der Waals surface area contributed by atoms with E-state index in [0.717, 1.165) is 92.7 Å². The molecule has 8 rings (SSSR count). The summed E-state index contributed by atoms with van der Waals surface area (Å²) in [6.07, 6.45) is 3.47. The topological polar surface area (TPSA) is 166 Å². The van der Waals surface area contributed by atoms with Gasteiger partial charge in [0.25, 0.3) is 0 Å². The van der Waals surface area contributed by atoms with E-state index in [1.165, 1.54) is 0 Å². The number of nitrogens with zero attached hydrogens (tertiary/aromatic N) is 5. The van der Waals surface area contributed by atoms with Crippen LogP contribution in [-0.2, 0) is 9.59 Å². The Hall–Kier alpha value is -5.19. The Morgan fingerprint density at radius 3 is 1.84 bits per heavy atom. The molecule has 6 aromatic rings. The summed E-state index contributed by atoms with van der Waals surface area (Å²) in [5.74, 6) is 1.50. The first-order chi connectivity index (χ1) is 26.4. The van der Waals surface area contributed by atoms with Crippen molar-refractivity contribution >= 4 is 59.7 Å². The van der Waals surface area contributed by atoms with Crippen LogP contribution in [0.15, 0.2) is 66.7 Å². The summed E-state index contributed by atoms with van der Waals surface area (Å²) in [5.41, 5.74) is 14.3. The summed E-state index contributed by atoms with van der Waals surface area (Å²) in [6, 6.07) is 21.4. The van der Waals surface area contributed by atoms with Crippen molar-refractivity contribution in [2.45, 2.75) is 77.5 Å². The molecule has 2 saturated heterocycles. The fraction of sp³-hybridized carbons (Fsp3) is 0.381. The van der Waals surface area contributed by atoms with Crippen molar-refractivity contribution in [1.29, 1.82) is 0 Å². The molecule has 5 N–H and O–H groups in total. The first-order valence-corrected chi connectivity index (χ1v) is 19.9. The zero-order valence-corrected chi connectivity index (χ0v) is 32.8. The standard InChI is InChI=1S/C42H48N9O3P/c1-22(2)36(43)40(52)50-17-5-7-34(50)38-45-30-15-10-25(20-32(30)47-38)24-9-13-28-26(19-24)11-14-29(44-28)27-12-16-31-33(21-27)48-39(46-31)35-8-6-18-51(35)41(53)37(23(3)4)49-42(54)55/h9-16,19-23,34-37H,5-8,17-18,43,55H2,1-4H3,(H,45,47)(H,46,48)(H,49,54)/t34-,35-,36-,37-/m0/s1. The SMILES string of the molecule is CC(C)[C@H](N)C(=O)N1CCC[C@H]1c1nc2ccc(-c3ccc4nc(-c5ccc6nc([C@@H]7CCCN7C(=O)[C@@H](NC(=O)P)C(C)C)[nH]c6c5)ccc4c3)cc2[nH]1. The fourth-order valence-corrected chi connectivity index (χ4v) is 8.31. The van der Waals surface area contributed by atoms with Crippen LogP contribution in [0.1, 0.15) is 77.1 Å². The van der Waals surface area contributed by atoms with Gasteiger partial charge in [-0.25, -0.2) is 15.0 Å². The van der Waals surface area contributed by atoms with Crippen LogP contribution in [0.4, 0.5) is 4.79 Å². The fourth-order valence-electron chi connectivity index (χ4n) is 8.13. The molecule has 0 spiro atoms. The molecule has 3 aromatic heterocycles. The Balaban J connectivity index is 1.01. The van der Waals surface area contributed by atoms with Crippen LogP contribution >= 0.6 is 9.24 Å². The summed E-state index contributed by atoms with van der Waals surface area (Å²) in [7, 11) is 2.10. The van der Waals surface area contributed by atoms with Gasteiger partial charge in [-0.05, 0) is 100 Å². The minimum absolute atomic E-state index is 0.0104. The second kappa shape index (κ2) is 14.8. The number of nitrogens with two attached hydrogens (primary N) is 1. The van der Waals surface area contributed by atoms with Crippen LogP contribution in [0, 0.1) is 11.8 Å². The van der Waals surface area contributed by atoms with E-state index in [0.29, 0.717) is 13.1 Å². The quantitative estimate of drug-likeness (QED) is 0.113. The van der Waals surface area contributed by atoms with Crippen LogP contribution < -0.4 is 11.1 Å². The lowest BCUT2D eigenvalue weighted by atomic mass is 10.0. The van der Waals surface area contributed by atoms with Crippen molar-refractivity contribution in [3.05, 3.63) is 78.4 Å². The van der Waals surface area contributed by atoms with Gasteiger partial charge in [-0.2, -0.15) is 0 Å². The number of imidazole rings is 2. The molecule has 0 radical (unpaired) electrons. The highest BCUT2D eigenvalue weighted by Crippen LogP contribution is 2.36. The van der Waals surface area contributed by atoms with Crippen LogP contribution in [0.3, 0.4) is 0 Å². The predicted octanol–water partition coefficient (Wildman–Crippen LogP) is 7.24. The molecular formula is C42H48N9O3P. The van der Waals surface area contributed by atoms with E-state index in [4.69, 9.17) is 20.7 Å². The lowest BCUT2D eigenvalue weighted by Gasteiger charge is -2.30. The molecule has 0 saturated carbocycles. The summed E-state index contributed by atoms with van der Waals surface area (Å²) in [4.78, 5) is 64.1. The molecule has 5 atom stereocenters. The van der Waals surface area contributed by atoms with Crippen LogP contribution in [0.2, 0.25) is 0 Å². The molecular weight excluding hydrogens is 709 g/mol. The Bertz CT molecular complexity index is 2440. The van der Waals surface area contributed by atoms with Gasteiger partial charge in [-0.3, -0.25) is 14.4 Å². The number of hydrogen-bond acceptors (Lipinski definition) is 7. The minimum atomic E-state index is -0.591. The maximum Gasteiger partial charge on any atom is 0.246 e. The van der Waals surface area contributed by atoms with Gasteiger partial charge < -0.3 is 30.8 Å². The highest BCUT2D eigenvalue weighted by atomic mass is 31.0. The van der Waals surface area contributed by atoms with Gasteiger partial charge in [0, 0.05) is 24.0 Å². The van der Waals surface area contributed by atoms with E-state index < -0.39 is 12.1 Å². The van der Waals surface area contributed by atoms with Crippen molar-refractivity contribution < 1.29 is 14.4 Å². The lowest BCUT2D eigenvalue weighted by molar-refractivity contribution is -0.135. The minimum Gasteiger partial charge on any atom is -0.341 e. The third-order valence-electron chi connectivity index (χ3n) is 11.3. The van der Waals surface area contributed by atoms with Gasteiger partial charge >= 0.3 is 0 Å². The molecule has 0 aliphatic carbocycles. The summed E-state index contributed by atoms with van der Waals surface area (Å²) in [5, 5.41) is 3.84. The van der Waals surface area contributed by atoms with Gasteiger partial charge in [-0.15, -0.1) is 0 Å². The van der Waals surface area contributed by atoms with Crippen LogP contribution in [-0.4, -0.2) is 77.4 Å². The number of benzene rings is 3. The largest absolute Gasteiger partial charge is 0.341 e. The number of nitrogens with one attached hydrogen (secondary N) is 3. The molecule has 55 heavy (non-hydrogen) atoms. The number of aromatic amines is 2. The lowest BCUT2D eigenvalue weighted by Crippen LogP contribution is -2.49. The molecule has 0 bridgehead atoms. The van der Waals surface area contributed by atoms with Gasteiger partial charge in [0.05, 0.1) is 51.4 Å². The summed E-state index contributed by atoms with van der Waals surface area (Å²) >= 11 is 0. The molecule has 2 fully saturated rings. The second-order valence-corrected chi connectivity index (χ2v) is 16.2. The Morgan fingerprint density at radius 1 is 0.709 bits per heavy atom. The first kappa shape index (κ1) is 36.8. The van der Waals surface area contributed by atoms with Crippen molar-refractivity contribution in [3.63, 3.8) is 0 Å². The Labute approximate surface area is 322 Å². The Morgan fingerprint density at radius 2 is 1.25 bits per heavy atom. The van der Waals surface area contributed by atoms with Crippen LogP contribution in [0.25, 0.3) is 55.4 Å². The number of rotatable bonds is 9. The van der Waals surface area contributed by atoms with E-state index in [2.05, 4.69) is 67.0 Å². The Kier molecular flexibility index (Phi) is 9.90.